The van der Waals surface area contributed by atoms with Crippen LogP contribution in [0, 0.1) is 11.3 Å². The minimum Gasteiger partial charge on any atom is -0.395 e. The van der Waals surface area contributed by atoms with E-state index in [0.717, 1.165) is 61.8 Å². The molecule has 0 radical (unpaired) electrons. The van der Waals surface area contributed by atoms with Crippen LogP contribution in [0.3, 0.4) is 0 Å². The van der Waals surface area contributed by atoms with E-state index in [1.807, 2.05) is 16.7 Å². The standard InChI is InChI=1S/C24H27N11O/c25-13-21-14-26-24-22(29-17-1-2-17)12-23(31-35(21)24)30-18-9-19(11-20(10-18)34-15-27-28-16-34)33-5-3-32(4-6-33)7-8-36/h9-12,14-17,29,36H,1-8H2,(H,30,31). The zero-order valence-electron chi connectivity index (χ0n) is 19.7. The minimum absolute atomic E-state index is 0.177. The molecule has 12 heteroatoms. The predicted octanol–water partition coefficient (Wildman–Crippen LogP) is 1.61. The number of nitrogens with one attached hydrogen (secondary N) is 2. The van der Waals surface area contributed by atoms with Gasteiger partial charge >= 0.3 is 0 Å². The van der Waals surface area contributed by atoms with Gasteiger partial charge in [0.25, 0.3) is 0 Å². The van der Waals surface area contributed by atoms with Crippen LogP contribution in [-0.2, 0) is 0 Å². The van der Waals surface area contributed by atoms with Crippen molar-refractivity contribution in [3.8, 4) is 11.8 Å². The Labute approximate surface area is 207 Å². The van der Waals surface area contributed by atoms with Crippen molar-refractivity contribution in [3.63, 3.8) is 0 Å². The molecule has 36 heavy (non-hydrogen) atoms. The minimum atomic E-state index is 0.177. The van der Waals surface area contributed by atoms with Gasteiger partial charge in [-0.25, -0.2) is 4.98 Å². The molecule has 1 aliphatic carbocycles. The number of piperazine rings is 1. The second-order valence-electron chi connectivity index (χ2n) is 9.14. The van der Waals surface area contributed by atoms with E-state index in [-0.39, 0.29) is 6.61 Å². The number of imidazole rings is 1. The molecule has 0 unspecified atom stereocenters. The number of nitrogens with zero attached hydrogens (tertiary/aromatic N) is 9. The van der Waals surface area contributed by atoms with E-state index < -0.39 is 0 Å². The Balaban J connectivity index is 1.34. The molecule has 6 rings (SSSR count). The van der Waals surface area contributed by atoms with Crippen LogP contribution in [0.1, 0.15) is 18.5 Å². The number of nitriles is 1. The van der Waals surface area contributed by atoms with Gasteiger partial charge in [-0.2, -0.15) is 9.78 Å². The van der Waals surface area contributed by atoms with Crippen LogP contribution in [-0.4, -0.2) is 84.7 Å². The number of aliphatic hydroxyl groups excluding tert-OH is 1. The van der Waals surface area contributed by atoms with Crippen molar-refractivity contribution in [2.75, 3.05) is 54.9 Å². The summed E-state index contributed by atoms with van der Waals surface area (Å²) in [7, 11) is 0. The lowest BCUT2D eigenvalue weighted by Gasteiger charge is -2.36. The van der Waals surface area contributed by atoms with Gasteiger partial charge in [0.05, 0.1) is 24.2 Å². The van der Waals surface area contributed by atoms with Crippen molar-refractivity contribution in [2.24, 2.45) is 0 Å². The van der Waals surface area contributed by atoms with Crippen LogP contribution in [0.2, 0.25) is 0 Å². The highest BCUT2D eigenvalue weighted by Crippen LogP contribution is 2.31. The molecule has 4 heterocycles. The zero-order chi connectivity index (χ0) is 24.5. The highest BCUT2D eigenvalue weighted by Gasteiger charge is 2.23. The van der Waals surface area contributed by atoms with E-state index in [1.165, 1.54) is 0 Å². The summed E-state index contributed by atoms with van der Waals surface area (Å²) in [5, 5.41) is 38.3. The first-order chi connectivity index (χ1) is 17.7. The van der Waals surface area contributed by atoms with Crippen LogP contribution >= 0.6 is 0 Å². The Morgan fingerprint density at radius 2 is 1.81 bits per heavy atom. The molecule has 4 aromatic rings. The summed E-state index contributed by atoms with van der Waals surface area (Å²) in [4.78, 5) is 9.01. The summed E-state index contributed by atoms with van der Waals surface area (Å²) in [5.41, 5.74) is 4.74. The monoisotopic (exact) mass is 485 g/mol. The van der Waals surface area contributed by atoms with E-state index in [2.05, 4.69) is 58.9 Å². The topological polar surface area (TPSA) is 135 Å². The third kappa shape index (κ3) is 4.53. The van der Waals surface area contributed by atoms with Crippen molar-refractivity contribution in [1.82, 2.24) is 34.3 Å². The van der Waals surface area contributed by atoms with Gasteiger partial charge in [-0.05, 0) is 31.0 Å². The molecule has 184 valence electrons. The number of hydrogen-bond acceptors (Lipinski definition) is 10. The first kappa shape index (κ1) is 22.3. The van der Waals surface area contributed by atoms with Crippen LogP contribution in [0.5, 0.6) is 0 Å². The van der Waals surface area contributed by atoms with Crippen LogP contribution in [0.15, 0.2) is 43.1 Å². The largest absolute Gasteiger partial charge is 0.395 e. The fourth-order valence-electron chi connectivity index (χ4n) is 4.51. The SMILES string of the molecule is N#Cc1cnc2c(NC3CC3)cc(Nc3cc(N4CCN(CCO)CC4)cc(-n4cnnc4)c3)nn12. The Hall–Kier alpha value is -4.21. The molecular weight excluding hydrogens is 458 g/mol. The quantitative estimate of drug-likeness (QED) is 0.338. The van der Waals surface area contributed by atoms with E-state index in [0.29, 0.717) is 29.7 Å². The molecule has 2 fully saturated rings. The van der Waals surface area contributed by atoms with E-state index in [1.54, 1.807) is 23.4 Å². The molecule has 3 aromatic heterocycles. The molecule has 3 N–H and O–H groups in total. The van der Waals surface area contributed by atoms with E-state index >= 15 is 0 Å². The average Bonchev–Trinajstić information content (AvgIpc) is 3.36. The number of β-amino-alcohol motifs (C(OH)–C–C–N with tert-alkyl or cyclic N) is 1. The second kappa shape index (κ2) is 9.44. The van der Waals surface area contributed by atoms with Crippen LogP contribution in [0.25, 0.3) is 11.3 Å². The number of anilines is 4. The van der Waals surface area contributed by atoms with Gasteiger partial charge in [-0.3, -0.25) is 9.47 Å². The summed E-state index contributed by atoms with van der Waals surface area (Å²) in [6.07, 6.45) is 7.15. The fraction of sp³-hybridized carbons (Fsp3) is 0.375. The number of aliphatic hydroxyl groups is 1. The lowest BCUT2D eigenvalue weighted by atomic mass is 10.2. The number of hydrogen-bond donors (Lipinski definition) is 3. The van der Waals surface area contributed by atoms with Crippen molar-refractivity contribution in [3.05, 3.63) is 48.8 Å². The molecule has 12 nitrogen and oxygen atoms in total. The summed E-state index contributed by atoms with van der Waals surface area (Å²) >= 11 is 0. The predicted molar refractivity (Wildman–Crippen MR) is 135 cm³/mol. The maximum Gasteiger partial charge on any atom is 0.178 e. The molecule has 0 atom stereocenters. The van der Waals surface area contributed by atoms with Crippen LogP contribution < -0.4 is 15.5 Å². The highest BCUT2D eigenvalue weighted by molar-refractivity contribution is 5.75. The summed E-state index contributed by atoms with van der Waals surface area (Å²) in [6, 6.07) is 10.8. The van der Waals surface area contributed by atoms with Gasteiger partial charge < -0.3 is 20.6 Å². The van der Waals surface area contributed by atoms with Gasteiger partial charge in [-0.1, -0.05) is 0 Å². The number of aromatic nitrogens is 6. The molecular formula is C24H27N11O. The van der Waals surface area contributed by atoms with Gasteiger partial charge in [0.15, 0.2) is 17.2 Å². The van der Waals surface area contributed by atoms with Gasteiger partial charge in [-0.15, -0.1) is 15.3 Å². The van der Waals surface area contributed by atoms with E-state index in [9.17, 15) is 10.4 Å². The fourth-order valence-corrected chi connectivity index (χ4v) is 4.51. The Morgan fingerprint density at radius 3 is 2.53 bits per heavy atom. The summed E-state index contributed by atoms with van der Waals surface area (Å²) in [5.74, 6) is 0.611. The first-order valence-electron chi connectivity index (χ1n) is 12.1. The molecule has 2 aliphatic rings. The Bertz CT molecular complexity index is 1400. The maximum atomic E-state index is 9.54. The second-order valence-corrected chi connectivity index (χ2v) is 9.14. The number of rotatable bonds is 8. The molecule has 0 spiro atoms. The van der Waals surface area contributed by atoms with Gasteiger partial charge in [0.1, 0.15) is 18.7 Å². The first-order valence-corrected chi connectivity index (χ1v) is 12.1. The Kier molecular flexibility index (Phi) is 5.84. The van der Waals surface area contributed by atoms with Crippen molar-refractivity contribution >= 4 is 28.5 Å². The van der Waals surface area contributed by atoms with E-state index in [4.69, 9.17) is 0 Å². The number of fused-ring (bicyclic) bond motifs is 1. The summed E-state index contributed by atoms with van der Waals surface area (Å²) < 4.78 is 3.45. The van der Waals surface area contributed by atoms with Crippen molar-refractivity contribution in [2.45, 2.75) is 18.9 Å². The highest BCUT2D eigenvalue weighted by atomic mass is 16.3. The van der Waals surface area contributed by atoms with Crippen molar-refractivity contribution < 1.29 is 5.11 Å². The smallest absolute Gasteiger partial charge is 0.178 e. The van der Waals surface area contributed by atoms with Crippen LogP contribution in [0.4, 0.5) is 22.9 Å². The van der Waals surface area contributed by atoms with Gasteiger partial charge in [0.2, 0.25) is 0 Å². The summed E-state index contributed by atoms with van der Waals surface area (Å²) in [6.45, 7) is 4.40. The number of benzene rings is 1. The van der Waals surface area contributed by atoms with Crippen molar-refractivity contribution in [1.29, 1.82) is 5.26 Å². The molecule has 1 saturated heterocycles. The molecule has 1 aromatic carbocycles. The molecule has 1 aliphatic heterocycles. The normalized spacial score (nSPS) is 16.3. The lowest BCUT2D eigenvalue weighted by Crippen LogP contribution is -2.47. The molecule has 0 bridgehead atoms. The maximum absolute atomic E-state index is 9.54. The lowest BCUT2D eigenvalue weighted by molar-refractivity contribution is 0.189. The average molecular weight is 486 g/mol. The third-order valence-electron chi connectivity index (χ3n) is 6.56. The molecule has 0 amide bonds. The molecule has 1 saturated carbocycles. The third-order valence-corrected chi connectivity index (χ3v) is 6.56. The Morgan fingerprint density at radius 1 is 1.03 bits per heavy atom. The zero-order valence-corrected chi connectivity index (χ0v) is 19.7. The van der Waals surface area contributed by atoms with Gasteiger partial charge in [0, 0.05) is 56.2 Å².